The third-order valence-corrected chi connectivity index (χ3v) is 5.78. The fourth-order valence-electron chi connectivity index (χ4n) is 2.13. The molecule has 0 aromatic carbocycles. The highest BCUT2D eigenvalue weighted by Gasteiger charge is 2.27. The second-order valence-corrected chi connectivity index (χ2v) is 7.42. The van der Waals surface area contributed by atoms with Crippen molar-refractivity contribution in [3.63, 3.8) is 0 Å². The van der Waals surface area contributed by atoms with Crippen LogP contribution in [0.1, 0.15) is 18.5 Å². The lowest BCUT2D eigenvalue weighted by Gasteiger charge is -2.30. The van der Waals surface area contributed by atoms with Gasteiger partial charge in [0.05, 0.1) is 5.69 Å². The SMILES string of the molecule is Cc1nc(NS(=O)(=O)N2CCC(CO)CC2)ccc1Br. The zero-order valence-electron chi connectivity index (χ0n) is 11.2. The van der Waals surface area contributed by atoms with Crippen LogP contribution >= 0.6 is 15.9 Å². The number of anilines is 1. The highest BCUT2D eigenvalue weighted by molar-refractivity contribution is 9.10. The molecule has 8 heteroatoms. The zero-order chi connectivity index (χ0) is 14.8. The Balaban J connectivity index is 2.05. The van der Waals surface area contributed by atoms with E-state index in [9.17, 15) is 8.42 Å². The van der Waals surface area contributed by atoms with Crippen molar-refractivity contribution >= 4 is 32.0 Å². The first-order valence-electron chi connectivity index (χ1n) is 6.44. The second-order valence-electron chi connectivity index (χ2n) is 4.90. The minimum Gasteiger partial charge on any atom is -0.396 e. The summed E-state index contributed by atoms with van der Waals surface area (Å²) in [6.07, 6.45) is 1.37. The molecular formula is C12H18BrN3O3S. The van der Waals surface area contributed by atoms with Gasteiger partial charge in [-0.1, -0.05) is 0 Å². The summed E-state index contributed by atoms with van der Waals surface area (Å²) in [5.74, 6) is 0.518. The molecule has 112 valence electrons. The maximum absolute atomic E-state index is 12.2. The van der Waals surface area contributed by atoms with Crippen molar-refractivity contribution in [3.8, 4) is 0 Å². The first-order chi connectivity index (χ1) is 9.42. The number of aromatic nitrogens is 1. The topological polar surface area (TPSA) is 82.5 Å². The number of aryl methyl sites for hydroxylation is 1. The van der Waals surface area contributed by atoms with Gasteiger partial charge in [0.15, 0.2) is 0 Å². The fraction of sp³-hybridized carbons (Fsp3) is 0.583. The number of halogens is 1. The van der Waals surface area contributed by atoms with E-state index in [1.54, 1.807) is 19.1 Å². The number of pyridine rings is 1. The van der Waals surface area contributed by atoms with Crippen molar-refractivity contribution in [1.82, 2.24) is 9.29 Å². The smallest absolute Gasteiger partial charge is 0.302 e. The van der Waals surface area contributed by atoms with E-state index < -0.39 is 10.2 Å². The van der Waals surface area contributed by atoms with Gasteiger partial charge in [-0.15, -0.1) is 0 Å². The molecule has 1 aliphatic rings. The molecule has 1 aliphatic heterocycles. The lowest BCUT2D eigenvalue weighted by atomic mass is 10.00. The van der Waals surface area contributed by atoms with E-state index in [1.807, 2.05) is 0 Å². The van der Waals surface area contributed by atoms with Crippen LogP contribution in [0, 0.1) is 12.8 Å². The maximum Gasteiger partial charge on any atom is 0.302 e. The molecule has 2 N–H and O–H groups in total. The van der Waals surface area contributed by atoms with Crippen LogP contribution in [0.15, 0.2) is 16.6 Å². The number of rotatable bonds is 4. The molecule has 6 nitrogen and oxygen atoms in total. The predicted octanol–water partition coefficient (Wildman–Crippen LogP) is 1.51. The number of hydrogen-bond acceptors (Lipinski definition) is 4. The average molecular weight is 364 g/mol. The Bertz CT molecular complexity index is 571. The summed E-state index contributed by atoms with van der Waals surface area (Å²) in [6, 6.07) is 3.38. The van der Waals surface area contributed by atoms with Gasteiger partial charge in [-0.25, -0.2) is 4.98 Å². The third kappa shape index (κ3) is 3.69. The number of hydrogen-bond donors (Lipinski definition) is 2. The van der Waals surface area contributed by atoms with Crippen molar-refractivity contribution < 1.29 is 13.5 Å². The fourth-order valence-corrected chi connectivity index (χ4v) is 3.55. The molecule has 0 aliphatic carbocycles. The lowest BCUT2D eigenvalue weighted by molar-refractivity contribution is 0.170. The van der Waals surface area contributed by atoms with E-state index in [-0.39, 0.29) is 12.5 Å². The summed E-state index contributed by atoms with van der Waals surface area (Å²) < 4.78 is 29.2. The maximum atomic E-state index is 12.2. The highest BCUT2D eigenvalue weighted by atomic mass is 79.9. The zero-order valence-corrected chi connectivity index (χ0v) is 13.6. The number of piperidine rings is 1. The Morgan fingerprint density at radius 1 is 1.45 bits per heavy atom. The van der Waals surface area contributed by atoms with Gasteiger partial charge in [0, 0.05) is 24.2 Å². The van der Waals surface area contributed by atoms with Gasteiger partial charge in [0.2, 0.25) is 0 Å². The number of nitrogens with zero attached hydrogens (tertiary/aromatic N) is 2. The third-order valence-electron chi connectivity index (χ3n) is 3.43. The molecule has 0 unspecified atom stereocenters. The van der Waals surface area contributed by atoms with Crippen molar-refractivity contribution in [2.45, 2.75) is 19.8 Å². The first kappa shape index (κ1) is 15.7. The Morgan fingerprint density at radius 3 is 2.65 bits per heavy atom. The summed E-state index contributed by atoms with van der Waals surface area (Å²) in [5.41, 5.74) is 0.726. The molecule has 0 amide bonds. The predicted molar refractivity (Wildman–Crippen MR) is 80.6 cm³/mol. The molecule has 0 bridgehead atoms. The lowest BCUT2D eigenvalue weighted by Crippen LogP contribution is -2.42. The van der Waals surface area contributed by atoms with E-state index in [4.69, 9.17) is 5.11 Å². The van der Waals surface area contributed by atoms with Gasteiger partial charge >= 0.3 is 10.2 Å². The normalized spacial score (nSPS) is 18.1. The van der Waals surface area contributed by atoms with Gasteiger partial charge in [0.1, 0.15) is 5.82 Å². The second kappa shape index (κ2) is 6.38. The molecular weight excluding hydrogens is 346 g/mol. The van der Waals surface area contributed by atoms with Gasteiger partial charge in [-0.2, -0.15) is 12.7 Å². The molecule has 0 saturated carbocycles. The van der Waals surface area contributed by atoms with Crippen LogP contribution in [0.3, 0.4) is 0 Å². The average Bonchev–Trinajstić information content (AvgIpc) is 2.43. The largest absolute Gasteiger partial charge is 0.396 e. The van der Waals surface area contributed by atoms with Crippen LogP contribution < -0.4 is 4.72 Å². The first-order valence-corrected chi connectivity index (χ1v) is 8.67. The molecule has 2 rings (SSSR count). The quantitative estimate of drug-likeness (QED) is 0.849. The summed E-state index contributed by atoms with van der Waals surface area (Å²) >= 11 is 3.33. The molecule has 0 atom stereocenters. The van der Waals surface area contributed by atoms with E-state index >= 15 is 0 Å². The van der Waals surface area contributed by atoms with E-state index in [0.29, 0.717) is 31.7 Å². The van der Waals surface area contributed by atoms with Crippen molar-refractivity contribution in [3.05, 3.63) is 22.3 Å². The van der Waals surface area contributed by atoms with Crippen molar-refractivity contribution in [1.29, 1.82) is 0 Å². The van der Waals surface area contributed by atoms with Gasteiger partial charge < -0.3 is 5.11 Å². The molecule has 1 aromatic heterocycles. The standard InChI is InChI=1S/C12H18BrN3O3S/c1-9-11(13)2-3-12(14-9)15-20(18,19)16-6-4-10(8-17)5-7-16/h2-3,10,17H,4-8H2,1H3,(H,14,15). The Kier molecular flexibility index (Phi) is 5.00. The summed E-state index contributed by atoms with van der Waals surface area (Å²) in [6.45, 7) is 2.77. The van der Waals surface area contributed by atoms with Crippen LogP contribution in [-0.2, 0) is 10.2 Å². The minimum atomic E-state index is -3.57. The highest BCUT2D eigenvalue weighted by Crippen LogP contribution is 2.21. The van der Waals surface area contributed by atoms with Gasteiger partial charge in [0.25, 0.3) is 0 Å². The van der Waals surface area contributed by atoms with Crippen LogP contribution in [0.5, 0.6) is 0 Å². The van der Waals surface area contributed by atoms with Crippen LogP contribution in [0.4, 0.5) is 5.82 Å². The molecule has 2 heterocycles. The number of aliphatic hydroxyl groups excluding tert-OH is 1. The number of aliphatic hydroxyl groups is 1. The molecule has 1 fully saturated rings. The monoisotopic (exact) mass is 363 g/mol. The summed E-state index contributed by atoms with van der Waals surface area (Å²) in [7, 11) is -3.57. The molecule has 0 radical (unpaired) electrons. The number of nitrogens with one attached hydrogen (secondary N) is 1. The van der Waals surface area contributed by atoms with E-state index in [0.717, 1.165) is 10.2 Å². The van der Waals surface area contributed by atoms with Crippen LogP contribution in [-0.4, -0.2) is 42.5 Å². The van der Waals surface area contributed by atoms with E-state index in [2.05, 4.69) is 25.6 Å². The van der Waals surface area contributed by atoms with Crippen molar-refractivity contribution in [2.24, 2.45) is 5.92 Å². The summed E-state index contributed by atoms with van der Waals surface area (Å²) in [4.78, 5) is 4.18. The molecule has 1 saturated heterocycles. The molecule has 0 spiro atoms. The Labute approximate surface area is 127 Å². The van der Waals surface area contributed by atoms with Crippen molar-refractivity contribution in [2.75, 3.05) is 24.4 Å². The Hall–Kier alpha value is -0.700. The van der Waals surface area contributed by atoms with Crippen LogP contribution in [0.25, 0.3) is 0 Å². The van der Waals surface area contributed by atoms with Crippen LogP contribution in [0.2, 0.25) is 0 Å². The molecule has 1 aromatic rings. The van der Waals surface area contributed by atoms with E-state index in [1.165, 1.54) is 4.31 Å². The van der Waals surface area contributed by atoms with Gasteiger partial charge in [-0.3, -0.25) is 4.72 Å². The molecule has 20 heavy (non-hydrogen) atoms. The van der Waals surface area contributed by atoms with Gasteiger partial charge in [-0.05, 0) is 53.7 Å². The Morgan fingerprint density at radius 2 is 2.10 bits per heavy atom. The summed E-state index contributed by atoms with van der Waals surface area (Å²) in [5, 5.41) is 9.07. The minimum absolute atomic E-state index is 0.120.